The van der Waals surface area contributed by atoms with Crippen molar-refractivity contribution < 1.29 is 23.6 Å². The van der Waals surface area contributed by atoms with Crippen molar-refractivity contribution in [2.75, 3.05) is 12.9 Å². The average Bonchev–Trinajstić information content (AvgIpc) is 2.78. The van der Waals surface area contributed by atoms with Crippen LogP contribution in [0.15, 0.2) is 23.7 Å². The molecular weight excluding hydrogens is 351 g/mol. The molecule has 1 heterocycles. The minimum Gasteiger partial charge on any atom is -0.496 e. The Kier molecular flexibility index (Phi) is 6.37. The second-order valence-corrected chi connectivity index (χ2v) is 8.36. The van der Waals surface area contributed by atoms with E-state index in [9.17, 15) is 9.59 Å². The van der Waals surface area contributed by atoms with Gasteiger partial charge in [-0.3, -0.25) is 9.59 Å². The average molecular weight is 376 g/mol. The molecule has 5 nitrogen and oxygen atoms in total. The minimum absolute atomic E-state index is 0.0238. The molecular formula is C19H25BO5S. The molecule has 0 amide bonds. The van der Waals surface area contributed by atoms with E-state index in [1.165, 1.54) is 25.8 Å². The Morgan fingerprint density at radius 2 is 1.85 bits per heavy atom. The van der Waals surface area contributed by atoms with E-state index in [1.807, 2.05) is 39.8 Å². The molecule has 1 aromatic rings. The number of carbonyl (C=O) groups excluding carboxylic acids is 2. The lowest BCUT2D eigenvalue weighted by molar-refractivity contribution is -0.109. The van der Waals surface area contributed by atoms with Gasteiger partial charge in [-0.15, -0.1) is 0 Å². The van der Waals surface area contributed by atoms with Gasteiger partial charge in [-0.1, -0.05) is 23.9 Å². The van der Waals surface area contributed by atoms with Crippen LogP contribution in [0.4, 0.5) is 0 Å². The van der Waals surface area contributed by atoms with Gasteiger partial charge in [-0.05, 0) is 50.9 Å². The topological polar surface area (TPSA) is 61.8 Å². The lowest BCUT2D eigenvalue weighted by Crippen LogP contribution is -2.41. The first-order chi connectivity index (χ1) is 12.1. The summed E-state index contributed by atoms with van der Waals surface area (Å²) in [5, 5.41) is 0.0238. The van der Waals surface area contributed by atoms with E-state index < -0.39 is 18.3 Å². The molecule has 1 aliphatic rings. The summed E-state index contributed by atoms with van der Waals surface area (Å²) in [6, 6.07) is 5.35. The summed E-state index contributed by atoms with van der Waals surface area (Å²) in [5.41, 5.74) is 1.19. The molecule has 0 aliphatic carbocycles. The molecule has 0 saturated carbocycles. The van der Waals surface area contributed by atoms with Crippen LogP contribution in [-0.2, 0) is 14.1 Å². The number of rotatable bonds is 6. The van der Waals surface area contributed by atoms with Crippen molar-refractivity contribution in [3.63, 3.8) is 0 Å². The first-order valence-electron chi connectivity index (χ1n) is 8.42. The third kappa shape index (κ3) is 4.58. The van der Waals surface area contributed by atoms with Gasteiger partial charge in [0.2, 0.25) is 0 Å². The first kappa shape index (κ1) is 20.7. The molecule has 140 valence electrons. The van der Waals surface area contributed by atoms with Crippen molar-refractivity contribution >= 4 is 36.4 Å². The highest BCUT2D eigenvalue weighted by Crippen LogP contribution is 2.39. The highest BCUT2D eigenvalue weighted by Gasteiger charge is 2.52. The summed E-state index contributed by atoms with van der Waals surface area (Å²) < 4.78 is 17.4. The molecule has 2 rings (SSSR count). The maximum atomic E-state index is 11.4. The molecule has 0 bridgehead atoms. The van der Waals surface area contributed by atoms with Crippen LogP contribution < -0.4 is 4.74 Å². The molecule has 0 aromatic heterocycles. The first-order valence-corrected chi connectivity index (χ1v) is 9.41. The van der Waals surface area contributed by atoms with E-state index in [0.29, 0.717) is 17.1 Å². The second-order valence-electron chi connectivity index (χ2n) is 7.21. The Balaban J connectivity index is 2.37. The summed E-state index contributed by atoms with van der Waals surface area (Å²) >= 11 is 1.20. The summed E-state index contributed by atoms with van der Waals surface area (Å²) in [7, 11) is 0.977. The van der Waals surface area contributed by atoms with E-state index in [1.54, 1.807) is 12.1 Å². The van der Waals surface area contributed by atoms with Crippen molar-refractivity contribution in [1.82, 2.24) is 0 Å². The third-order valence-electron chi connectivity index (χ3n) is 4.73. The highest BCUT2D eigenvalue weighted by atomic mass is 32.2. The van der Waals surface area contributed by atoms with Crippen molar-refractivity contribution in [3.8, 4) is 5.75 Å². The SMILES string of the molecule is COc1ccc(C=C(CSC(C)=O)B2OC(C)(C)C(C)(C)O2)cc1C=O. The van der Waals surface area contributed by atoms with E-state index in [-0.39, 0.29) is 5.12 Å². The summed E-state index contributed by atoms with van der Waals surface area (Å²) in [6.45, 7) is 9.48. The minimum atomic E-state index is -0.548. The number of aldehydes is 1. The number of ether oxygens (including phenoxy) is 1. The number of hydrogen-bond acceptors (Lipinski definition) is 6. The van der Waals surface area contributed by atoms with Crippen LogP contribution in [0, 0.1) is 0 Å². The Labute approximate surface area is 159 Å². The van der Waals surface area contributed by atoms with Crippen LogP contribution in [0.5, 0.6) is 5.75 Å². The third-order valence-corrected chi connectivity index (χ3v) is 5.62. The van der Waals surface area contributed by atoms with Crippen LogP contribution in [-0.4, -0.2) is 42.6 Å². The second kappa shape index (κ2) is 7.98. The lowest BCUT2D eigenvalue weighted by Gasteiger charge is -2.32. The predicted octanol–water partition coefficient (Wildman–Crippen LogP) is 3.80. The van der Waals surface area contributed by atoms with Crippen LogP contribution in [0.3, 0.4) is 0 Å². The van der Waals surface area contributed by atoms with Crippen molar-refractivity contribution in [3.05, 3.63) is 34.8 Å². The summed E-state index contributed by atoms with van der Waals surface area (Å²) in [4.78, 5) is 22.7. The van der Waals surface area contributed by atoms with Gasteiger partial charge < -0.3 is 14.0 Å². The van der Waals surface area contributed by atoms with Gasteiger partial charge in [0.25, 0.3) is 0 Å². The maximum Gasteiger partial charge on any atom is 0.491 e. The Morgan fingerprint density at radius 3 is 2.35 bits per heavy atom. The normalized spacial score (nSPS) is 18.7. The van der Waals surface area contributed by atoms with Crippen molar-refractivity contribution in [2.45, 2.75) is 45.8 Å². The lowest BCUT2D eigenvalue weighted by atomic mass is 9.78. The highest BCUT2D eigenvalue weighted by molar-refractivity contribution is 8.13. The van der Waals surface area contributed by atoms with Gasteiger partial charge in [0.05, 0.1) is 23.9 Å². The molecule has 26 heavy (non-hydrogen) atoms. The van der Waals surface area contributed by atoms with Gasteiger partial charge in [0.15, 0.2) is 11.4 Å². The molecule has 1 aliphatic heterocycles. The fourth-order valence-electron chi connectivity index (χ4n) is 2.51. The largest absolute Gasteiger partial charge is 0.496 e. The van der Waals surface area contributed by atoms with Gasteiger partial charge in [-0.25, -0.2) is 0 Å². The zero-order chi connectivity index (χ0) is 19.5. The number of methoxy groups -OCH3 is 1. The van der Waals surface area contributed by atoms with E-state index in [2.05, 4.69) is 0 Å². The van der Waals surface area contributed by atoms with Gasteiger partial charge >= 0.3 is 7.12 Å². The van der Waals surface area contributed by atoms with Crippen molar-refractivity contribution in [2.24, 2.45) is 0 Å². The Morgan fingerprint density at radius 1 is 1.23 bits per heavy atom. The Hall–Kier alpha value is -1.57. The molecule has 1 saturated heterocycles. The van der Waals surface area contributed by atoms with Gasteiger partial charge in [0.1, 0.15) is 5.75 Å². The number of benzene rings is 1. The number of carbonyl (C=O) groups is 2. The van der Waals surface area contributed by atoms with Crippen LogP contribution in [0.2, 0.25) is 0 Å². The molecule has 0 radical (unpaired) electrons. The number of thioether (sulfide) groups is 1. The smallest absolute Gasteiger partial charge is 0.491 e. The van der Waals surface area contributed by atoms with Crippen LogP contribution in [0.25, 0.3) is 6.08 Å². The van der Waals surface area contributed by atoms with Gasteiger partial charge in [0, 0.05) is 12.7 Å². The van der Waals surface area contributed by atoms with E-state index >= 15 is 0 Å². The molecule has 0 atom stereocenters. The monoisotopic (exact) mass is 376 g/mol. The molecule has 0 unspecified atom stereocenters. The van der Waals surface area contributed by atoms with Crippen LogP contribution >= 0.6 is 11.8 Å². The maximum absolute atomic E-state index is 11.4. The molecule has 0 N–H and O–H groups in total. The summed E-state index contributed by atoms with van der Waals surface area (Å²) in [5.74, 6) is 0.974. The number of hydrogen-bond donors (Lipinski definition) is 0. The van der Waals surface area contributed by atoms with Crippen LogP contribution in [0.1, 0.15) is 50.5 Å². The quantitative estimate of drug-likeness (QED) is 0.556. The Bertz CT molecular complexity index is 711. The zero-order valence-corrected chi connectivity index (χ0v) is 16.9. The van der Waals surface area contributed by atoms with E-state index in [0.717, 1.165) is 17.3 Å². The fourth-order valence-corrected chi connectivity index (χ4v) is 3.10. The fraction of sp³-hybridized carbons (Fsp3) is 0.474. The molecule has 1 aromatic carbocycles. The van der Waals surface area contributed by atoms with Gasteiger partial charge in [-0.2, -0.15) is 0 Å². The molecule has 1 fully saturated rings. The van der Waals surface area contributed by atoms with Crippen molar-refractivity contribution in [1.29, 1.82) is 0 Å². The zero-order valence-electron chi connectivity index (χ0n) is 16.1. The molecule has 0 spiro atoms. The molecule has 7 heteroatoms. The predicted molar refractivity (Wildman–Crippen MR) is 106 cm³/mol. The standard InChI is InChI=1S/C19H25BO5S/c1-13(22)26-12-16(20-24-18(2,3)19(4,5)25-20)10-14-7-8-17(23-6)15(9-14)11-21/h7-11H,12H2,1-6H3. The summed E-state index contributed by atoms with van der Waals surface area (Å²) in [6.07, 6.45) is 2.67. The van der Waals surface area contributed by atoms with E-state index in [4.69, 9.17) is 14.0 Å².